The minimum Gasteiger partial charge on any atom is -0.379 e. The standard InChI is InChI=1S/C16H36N2O/c1-5-9-17(10-6-2)13-15-19-16-14-18(11-7-3)12-8-4/h5-16H2,1-4H3. The Balaban J connectivity index is 3.59. The summed E-state index contributed by atoms with van der Waals surface area (Å²) in [6.07, 6.45) is 4.95. The van der Waals surface area contributed by atoms with Crippen molar-refractivity contribution in [2.45, 2.75) is 53.4 Å². The molecule has 0 aromatic heterocycles. The minimum absolute atomic E-state index is 0.881. The molecule has 19 heavy (non-hydrogen) atoms. The summed E-state index contributed by atoms with van der Waals surface area (Å²) in [5.41, 5.74) is 0. The molecule has 3 heteroatoms. The molecule has 0 atom stereocenters. The summed E-state index contributed by atoms with van der Waals surface area (Å²) in [5, 5.41) is 0. The van der Waals surface area contributed by atoms with Gasteiger partial charge in [-0.15, -0.1) is 0 Å². The molecule has 0 bridgehead atoms. The average Bonchev–Trinajstić information content (AvgIpc) is 2.39. The largest absolute Gasteiger partial charge is 0.379 e. The Morgan fingerprint density at radius 2 is 0.842 bits per heavy atom. The van der Waals surface area contributed by atoms with Gasteiger partial charge in [0.25, 0.3) is 0 Å². The van der Waals surface area contributed by atoms with Crippen molar-refractivity contribution in [3.8, 4) is 0 Å². The smallest absolute Gasteiger partial charge is 0.0594 e. The Bertz CT molecular complexity index is 146. The zero-order chi connectivity index (χ0) is 14.3. The van der Waals surface area contributed by atoms with Crippen molar-refractivity contribution in [1.29, 1.82) is 0 Å². The van der Waals surface area contributed by atoms with E-state index in [1.54, 1.807) is 0 Å². The van der Waals surface area contributed by atoms with E-state index in [4.69, 9.17) is 4.74 Å². The summed E-state index contributed by atoms with van der Waals surface area (Å²) >= 11 is 0. The SMILES string of the molecule is CCCN(CCC)CCOCCN(CCC)CCC. The maximum atomic E-state index is 5.80. The fourth-order valence-electron chi connectivity index (χ4n) is 2.43. The van der Waals surface area contributed by atoms with Gasteiger partial charge >= 0.3 is 0 Å². The van der Waals surface area contributed by atoms with Gasteiger partial charge in [-0.3, -0.25) is 0 Å². The van der Waals surface area contributed by atoms with Crippen LogP contribution in [0.15, 0.2) is 0 Å². The zero-order valence-corrected chi connectivity index (χ0v) is 13.8. The molecule has 0 fully saturated rings. The van der Waals surface area contributed by atoms with Crippen LogP contribution in [0.1, 0.15) is 53.4 Å². The van der Waals surface area contributed by atoms with Gasteiger partial charge < -0.3 is 14.5 Å². The maximum absolute atomic E-state index is 5.80. The zero-order valence-electron chi connectivity index (χ0n) is 13.8. The van der Waals surface area contributed by atoms with Crippen molar-refractivity contribution < 1.29 is 4.74 Å². The topological polar surface area (TPSA) is 15.7 Å². The molecule has 0 aliphatic heterocycles. The molecule has 0 saturated heterocycles. The fourth-order valence-corrected chi connectivity index (χ4v) is 2.43. The Morgan fingerprint density at radius 1 is 0.526 bits per heavy atom. The second-order valence-corrected chi connectivity index (χ2v) is 5.30. The van der Waals surface area contributed by atoms with Crippen LogP contribution in [0.3, 0.4) is 0 Å². The molecule has 0 radical (unpaired) electrons. The van der Waals surface area contributed by atoms with Gasteiger partial charge in [-0.25, -0.2) is 0 Å². The molecule has 0 N–H and O–H groups in total. The normalized spacial score (nSPS) is 11.7. The van der Waals surface area contributed by atoms with E-state index in [0.717, 1.165) is 26.3 Å². The highest BCUT2D eigenvalue weighted by Crippen LogP contribution is 1.96. The number of hydrogen-bond acceptors (Lipinski definition) is 3. The van der Waals surface area contributed by atoms with Crippen molar-refractivity contribution in [3.05, 3.63) is 0 Å². The van der Waals surface area contributed by atoms with Crippen LogP contribution in [0.2, 0.25) is 0 Å². The van der Waals surface area contributed by atoms with E-state index in [-0.39, 0.29) is 0 Å². The van der Waals surface area contributed by atoms with Crippen molar-refractivity contribution >= 4 is 0 Å². The highest BCUT2D eigenvalue weighted by atomic mass is 16.5. The minimum atomic E-state index is 0.881. The fraction of sp³-hybridized carbons (Fsp3) is 1.00. The van der Waals surface area contributed by atoms with Crippen LogP contribution in [-0.4, -0.2) is 62.3 Å². The second kappa shape index (κ2) is 14.3. The number of ether oxygens (including phenoxy) is 1. The molecular weight excluding hydrogens is 236 g/mol. The summed E-state index contributed by atoms with van der Waals surface area (Å²) in [4.78, 5) is 5.02. The van der Waals surface area contributed by atoms with Crippen LogP contribution in [0.5, 0.6) is 0 Å². The summed E-state index contributed by atoms with van der Waals surface area (Å²) in [5.74, 6) is 0. The van der Waals surface area contributed by atoms with Gasteiger partial charge in [0, 0.05) is 13.1 Å². The van der Waals surface area contributed by atoms with E-state index in [1.807, 2.05) is 0 Å². The predicted molar refractivity (Wildman–Crippen MR) is 84.9 cm³/mol. The molecule has 0 aliphatic carbocycles. The number of rotatable bonds is 14. The first-order valence-corrected chi connectivity index (χ1v) is 8.30. The summed E-state index contributed by atoms with van der Waals surface area (Å²) in [6, 6.07) is 0. The number of hydrogen-bond donors (Lipinski definition) is 0. The Labute approximate surface area is 121 Å². The molecule has 0 heterocycles. The Hall–Kier alpha value is -0.120. The Morgan fingerprint density at radius 3 is 1.11 bits per heavy atom. The molecule has 0 aromatic carbocycles. The van der Waals surface area contributed by atoms with E-state index >= 15 is 0 Å². The molecule has 0 spiro atoms. The number of nitrogens with zero attached hydrogens (tertiary/aromatic N) is 2. The quantitative estimate of drug-likeness (QED) is 0.451. The van der Waals surface area contributed by atoms with Crippen LogP contribution >= 0.6 is 0 Å². The lowest BCUT2D eigenvalue weighted by molar-refractivity contribution is 0.0827. The second-order valence-electron chi connectivity index (χ2n) is 5.30. The van der Waals surface area contributed by atoms with E-state index in [2.05, 4.69) is 37.5 Å². The van der Waals surface area contributed by atoms with Crippen molar-refractivity contribution in [2.24, 2.45) is 0 Å². The lowest BCUT2D eigenvalue weighted by atomic mass is 10.3. The van der Waals surface area contributed by atoms with Crippen LogP contribution in [-0.2, 0) is 4.74 Å². The van der Waals surface area contributed by atoms with Gasteiger partial charge in [0.05, 0.1) is 13.2 Å². The molecule has 0 saturated carbocycles. The highest BCUT2D eigenvalue weighted by molar-refractivity contribution is 4.57. The van der Waals surface area contributed by atoms with Gasteiger partial charge in [-0.2, -0.15) is 0 Å². The first-order valence-electron chi connectivity index (χ1n) is 8.30. The predicted octanol–water partition coefficient (Wildman–Crippen LogP) is 3.25. The van der Waals surface area contributed by atoms with Crippen molar-refractivity contribution in [3.63, 3.8) is 0 Å². The van der Waals surface area contributed by atoms with Gasteiger partial charge in [0.15, 0.2) is 0 Å². The molecule has 0 aromatic rings. The molecular formula is C16H36N2O. The highest BCUT2D eigenvalue weighted by Gasteiger charge is 2.04. The summed E-state index contributed by atoms with van der Waals surface area (Å²) in [7, 11) is 0. The first-order chi connectivity index (χ1) is 9.28. The van der Waals surface area contributed by atoms with Crippen LogP contribution in [0.25, 0.3) is 0 Å². The monoisotopic (exact) mass is 272 g/mol. The van der Waals surface area contributed by atoms with Crippen molar-refractivity contribution in [2.75, 3.05) is 52.5 Å². The van der Waals surface area contributed by atoms with E-state index in [1.165, 1.54) is 51.9 Å². The summed E-state index contributed by atoms with van der Waals surface area (Å²) in [6.45, 7) is 17.7. The van der Waals surface area contributed by atoms with E-state index in [0.29, 0.717) is 0 Å². The third-order valence-corrected chi connectivity index (χ3v) is 3.26. The van der Waals surface area contributed by atoms with Crippen LogP contribution in [0.4, 0.5) is 0 Å². The van der Waals surface area contributed by atoms with Gasteiger partial charge in [-0.05, 0) is 51.9 Å². The maximum Gasteiger partial charge on any atom is 0.0594 e. The lowest BCUT2D eigenvalue weighted by Crippen LogP contribution is -2.32. The molecule has 116 valence electrons. The van der Waals surface area contributed by atoms with Crippen molar-refractivity contribution in [1.82, 2.24) is 9.80 Å². The van der Waals surface area contributed by atoms with E-state index in [9.17, 15) is 0 Å². The van der Waals surface area contributed by atoms with Crippen LogP contribution in [0, 0.1) is 0 Å². The molecule has 0 unspecified atom stereocenters. The van der Waals surface area contributed by atoms with Crippen LogP contribution < -0.4 is 0 Å². The third kappa shape index (κ3) is 11.4. The third-order valence-electron chi connectivity index (χ3n) is 3.26. The first kappa shape index (κ1) is 18.9. The molecule has 3 nitrogen and oxygen atoms in total. The van der Waals surface area contributed by atoms with Gasteiger partial charge in [-0.1, -0.05) is 27.7 Å². The average molecular weight is 272 g/mol. The summed E-state index contributed by atoms with van der Waals surface area (Å²) < 4.78 is 5.80. The molecule has 0 rings (SSSR count). The van der Waals surface area contributed by atoms with Gasteiger partial charge in [0.2, 0.25) is 0 Å². The molecule has 0 amide bonds. The van der Waals surface area contributed by atoms with E-state index < -0.39 is 0 Å². The van der Waals surface area contributed by atoms with Gasteiger partial charge in [0.1, 0.15) is 0 Å². The molecule has 0 aliphatic rings. The lowest BCUT2D eigenvalue weighted by Gasteiger charge is -2.22. The Kier molecular flexibility index (Phi) is 14.2.